The SMILES string of the molecule is FC(F)(F)c1cccc(SN(C2CC2)C2CCCNC2)c1. The lowest BCUT2D eigenvalue weighted by Crippen LogP contribution is -2.43. The van der Waals surface area contributed by atoms with Crippen LogP contribution in [0, 0.1) is 0 Å². The molecule has 0 spiro atoms. The monoisotopic (exact) mass is 316 g/mol. The number of hydrogen-bond donors (Lipinski definition) is 1. The fraction of sp³-hybridized carbons (Fsp3) is 0.600. The van der Waals surface area contributed by atoms with Crippen LogP contribution in [0.4, 0.5) is 13.2 Å². The van der Waals surface area contributed by atoms with Crippen LogP contribution in [-0.4, -0.2) is 29.5 Å². The van der Waals surface area contributed by atoms with E-state index in [4.69, 9.17) is 0 Å². The van der Waals surface area contributed by atoms with E-state index in [1.807, 2.05) is 0 Å². The largest absolute Gasteiger partial charge is 0.416 e. The van der Waals surface area contributed by atoms with Crippen LogP contribution < -0.4 is 5.32 Å². The Labute approximate surface area is 127 Å². The van der Waals surface area contributed by atoms with Crippen molar-refractivity contribution in [3.8, 4) is 0 Å². The van der Waals surface area contributed by atoms with Gasteiger partial charge >= 0.3 is 6.18 Å². The predicted molar refractivity (Wildman–Crippen MR) is 78.1 cm³/mol. The number of nitrogens with one attached hydrogen (secondary N) is 1. The molecular weight excluding hydrogens is 297 g/mol. The number of rotatable bonds is 4. The molecule has 1 unspecified atom stereocenters. The van der Waals surface area contributed by atoms with Gasteiger partial charge in [0, 0.05) is 23.5 Å². The Morgan fingerprint density at radius 3 is 2.57 bits per heavy atom. The zero-order valence-electron chi connectivity index (χ0n) is 11.7. The molecule has 1 aliphatic carbocycles. The van der Waals surface area contributed by atoms with Crippen LogP contribution in [0.15, 0.2) is 29.2 Å². The lowest BCUT2D eigenvalue weighted by atomic mass is 10.1. The van der Waals surface area contributed by atoms with Crippen molar-refractivity contribution >= 4 is 11.9 Å². The second-order valence-corrected chi connectivity index (χ2v) is 6.78. The average Bonchev–Trinajstić information content (AvgIpc) is 3.30. The normalized spacial score (nSPS) is 23.5. The molecular formula is C15H19F3N2S. The van der Waals surface area contributed by atoms with Gasteiger partial charge < -0.3 is 5.32 Å². The van der Waals surface area contributed by atoms with E-state index < -0.39 is 11.7 Å². The quantitative estimate of drug-likeness (QED) is 0.847. The minimum absolute atomic E-state index is 0.422. The van der Waals surface area contributed by atoms with Gasteiger partial charge in [-0.2, -0.15) is 13.2 Å². The molecule has 1 saturated carbocycles. The van der Waals surface area contributed by atoms with Crippen molar-refractivity contribution in [3.05, 3.63) is 29.8 Å². The predicted octanol–water partition coefficient (Wildman–Crippen LogP) is 3.93. The highest BCUT2D eigenvalue weighted by molar-refractivity contribution is 7.97. The molecule has 21 heavy (non-hydrogen) atoms. The third-order valence-electron chi connectivity index (χ3n) is 3.91. The first-order chi connectivity index (χ1) is 10.0. The highest BCUT2D eigenvalue weighted by Gasteiger charge is 2.36. The third-order valence-corrected chi connectivity index (χ3v) is 5.18. The van der Waals surface area contributed by atoms with Crippen molar-refractivity contribution in [1.82, 2.24) is 9.62 Å². The first-order valence-corrected chi connectivity index (χ1v) is 8.15. The Kier molecular flexibility index (Phi) is 4.47. The summed E-state index contributed by atoms with van der Waals surface area (Å²) in [6.45, 7) is 1.98. The van der Waals surface area contributed by atoms with E-state index in [1.54, 1.807) is 6.07 Å². The van der Waals surface area contributed by atoms with E-state index in [0.29, 0.717) is 17.0 Å². The maximum atomic E-state index is 12.8. The molecule has 1 N–H and O–H groups in total. The van der Waals surface area contributed by atoms with Crippen molar-refractivity contribution < 1.29 is 13.2 Å². The number of nitrogens with zero attached hydrogens (tertiary/aromatic N) is 1. The Morgan fingerprint density at radius 1 is 1.14 bits per heavy atom. The standard InChI is InChI=1S/C15H19F3N2S/c16-15(17,18)11-3-1-5-14(9-11)21-20(12-6-7-12)13-4-2-8-19-10-13/h1,3,5,9,12-13,19H,2,4,6-8,10H2. The number of benzene rings is 1. The van der Waals surface area contributed by atoms with Crippen LogP contribution in [0.1, 0.15) is 31.2 Å². The highest BCUT2D eigenvalue weighted by atomic mass is 32.2. The average molecular weight is 316 g/mol. The fourth-order valence-electron chi connectivity index (χ4n) is 2.68. The summed E-state index contributed by atoms with van der Waals surface area (Å²) in [5, 5.41) is 3.38. The molecule has 0 radical (unpaired) electrons. The van der Waals surface area contributed by atoms with Crippen LogP contribution in [0.25, 0.3) is 0 Å². The van der Waals surface area contributed by atoms with Gasteiger partial charge in [0.1, 0.15) is 0 Å². The number of alkyl halides is 3. The van der Waals surface area contributed by atoms with Gasteiger partial charge in [-0.15, -0.1) is 0 Å². The molecule has 1 aromatic carbocycles. The van der Waals surface area contributed by atoms with Gasteiger partial charge in [0.2, 0.25) is 0 Å². The lowest BCUT2D eigenvalue weighted by Gasteiger charge is -2.33. The van der Waals surface area contributed by atoms with Gasteiger partial charge in [-0.1, -0.05) is 6.07 Å². The molecule has 2 nitrogen and oxygen atoms in total. The van der Waals surface area contributed by atoms with Gasteiger partial charge in [-0.05, 0) is 62.4 Å². The minimum atomic E-state index is -4.27. The Bertz CT molecular complexity index is 482. The summed E-state index contributed by atoms with van der Waals surface area (Å²) in [6.07, 6.45) is 0.296. The van der Waals surface area contributed by atoms with Crippen molar-refractivity contribution in [2.24, 2.45) is 0 Å². The molecule has 0 aromatic heterocycles. The van der Waals surface area contributed by atoms with Crippen molar-refractivity contribution in [3.63, 3.8) is 0 Å². The van der Waals surface area contributed by atoms with E-state index in [1.165, 1.54) is 24.1 Å². The Morgan fingerprint density at radius 2 is 1.95 bits per heavy atom. The maximum absolute atomic E-state index is 12.8. The molecule has 0 amide bonds. The summed E-state index contributed by atoms with van der Waals surface area (Å²) in [7, 11) is 0. The summed E-state index contributed by atoms with van der Waals surface area (Å²) < 4.78 is 40.7. The van der Waals surface area contributed by atoms with E-state index in [9.17, 15) is 13.2 Å². The van der Waals surface area contributed by atoms with Crippen LogP contribution in [0.5, 0.6) is 0 Å². The summed E-state index contributed by atoms with van der Waals surface area (Å²) in [4.78, 5) is 0.683. The Balaban J connectivity index is 1.73. The van der Waals surface area contributed by atoms with E-state index >= 15 is 0 Å². The molecule has 6 heteroatoms. The number of halogens is 3. The van der Waals surface area contributed by atoms with Gasteiger partial charge in [0.05, 0.1) is 5.56 Å². The maximum Gasteiger partial charge on any atom is 0.416 e. The first-order valence-electron chi connectivity index (χ1n) is 7.38. The van der Waals surface area contributed by atoms with Crippen LogP contribution in [-0.2, 0) is 6.18 Å². The van der Waals surface area contributed by atoms with Gasteiger partial charge in [0.15, 0.2) is 0 Å². The molecule has 0 bridgehead atoms. The summed E-state index contributed by atoms with van der Waals surface area (Å²) in [6, 6.07) is 6.60. The number of piperidine rings is 1. The molecule has 2 fully saturated rings. The topological polar surface area (TPSA) is 15.3 Å². The van der Waals surface area contributed by atoms with Crippen LogP contribution in [0.3, 0.4) is 0 Å². The molecule has 1 atom stereocenters. The van der Waals surface area contributed by atoms with Crippen LogP contribution in [0.2, 0.25) is 0 Å². The summed E-state index contributed by atoms with van der Waals surface area (Å²) in [5.74, 6) is 0. The summed E-state index contributed by atoms with van der Waals surface area (Å²) in [5.41, 5.74) is -0.565. The zero-order chi connectivity index (χ0) is 14.9. The smallest absolute Gasteiger partial charge is 0.315 e. The molecule has 2 aliphatic rings. The third kappa shape index (κ3) is 3.93. The second-order valence-electron chi connectivity index (χ2n) is 5.71. The number of hydrogen-bond acceptors (Lipinski definition) is 3. The molecule has 1 saturated heterocycles. The Hall–Kier alpha value is -0.720. The van der Waals surface area contributed by atoms with Crippen molar-refractivity contribution in [2.75, 3.05) is 13.1 Å². The molecule has 1 aromatic rings. The van der Waals surface area contributed by atoms with Crippen molar-refractivity contribution in [2.45, 2.75) is 48.8 Å². The zero-order valence-corrected chi connectivity index (χ0v) is 12.5. The fourth-order valence-corrected chi connectivity index (χ4v) is 3.93. The van der Waals surface area contributed by atoms with Gasteiger partial charge in [0.25, 0.3) is 0 Å². The molecule has 116 valence electrons. The van der Waals surface area contributed by atoms with Gasteiger partial charge in [-0.25, -0.2) is 4.31 Å². The van der Waals surface area contributed by atoms with E-state index in [0.717, 1.165) is 44.8 Å². The first kappa shape index (κ1) is 15.2. The molecule has 1 aliphatic heterocycles. The lowest BCUT2D eigenvalue weighted by molar-refractivity contribution is -0.137. The van der Waals surface area contributed by atoms with Crippen molar-refractivity contribution in [1.29, 1.82) is 0 Å². The van der Waals surface area contributed by atoms with Crippen LogP contribution >= 0.6 is 11.9 Å². The van der Waals surface area contributed by atoms with Gasteiger partial charge in [-0.3, -0.25) is 0 Å². The van der Waals surface area contributed by atoms with E-state index in [-0.39, 0.29) is 0 Å². The molecule has 1 heterocycles. The highest BCUT2D eigenvalue weighted by Crippen LogP contribution is 2.40. The summed E-state index contributed by atoms with van der Waals surface area (Å²) >= 11 is 1.49. The second kappa shape index (κ2) is 6.18. The van der Waals surface area contributed by atoms with E-state index in [2.05, 4.69) is 9.62 Å². The minimum Gasteiger partial charge on any atom is -0.315 e. The molecule has 3 rings (SSSR count).